The summed E-state index contributed by atoms with van der Waals surface area (Å²) in [5, 5.41) is 29.3. The minimum atomic E-state index is -1.38. The van der Waals surface area contributed by atoms with Crippen LogP contribution in [0.15, 0.2) is 12.5 Å². The molecular weight excluding hydrogens is 408 g/mol. The van der Waals surface area contributed by atoms with Gasteiger partial charge in [-0.3, -0.25) is 14.4 Å². The summed E-state index contributed by atoms with van der Waals surface area (Å²) in [7, 11) is 0. The second-order valence-corrected chi connectivity index (χ2v) is 7.80. The van der Waals surface area contributed by atoms with Gasteiger partial charge < -0.3 is 36.5 Å². The molecule has 12 heteroatoms. The molecule has 1 aliphatic heterocycles. The lowest BCUT2D eigenvalue weighted by atomic mass is 10.0. The maximum atomic E-state index is 12.9. The van der Waals surface area contributed by atoms with Crippen LogP contribution in [0.4, 0.5) is 0 Å². The van der Waals surface area contributed by atoms with Gasteiger partial charge in [0.15, 0.2) is 0 Å². The van der Waals surface area contributed by atoms with Crippen LogP contribution < -0.4 is 21.3 Å². The van der Waals surface area contributed by atoms with Gasteiger partial charge in [0.25, 0.3) is 0 Å². The zero-order chi connectivity index (χ0) is 23.0. The molecule has 4 atom stereocenters. The molecule has 1 fully saturated rings. The number of imidazole rings is 1. The maximum absolute atomic E-state index is 12.9. The molecule has 2 heterocycles. The number of aliphatic hydroxyl groups is 1. The van der Waals surface area contributed by atoms with Crippen molar-refractivity contribution in [1.29, 1.82) is 0 Å². The van der Waals surface area contributed by atoms with Crippen molar-refractivity contribution in [3.63, 3.8) is 0 Å². The van der Waals surface area contributed by atoms with Crippen molar-refractivity contribution in [2.75, 3.05) is 13.2 Å². The number of carbonyl (C=O) groups excluding carboxylic acids is 3. The number of aliphatic carboxylic acids is 1. The van der Waals surface area contributed by atoms with E-state index >= 15 is 0 Å². The van der Waals surface area contributed by atoms with Crippen molar-refractivity contribution in [1.82, 2.24) is 31.2 Å². The number of aromatic nitrogens is 2. The first-order chi connectivity index (χ1) is 14.7. The number of hydrogen-bond acceptors (Lipinski definition) is 7. The Balaban J connectivity index is 2.07. The third-order valence-corrected chi connectivity index (χ3v) is 5.03. The van der Waals surface area contributed by atoms with Crippen LogP contribution in [-0.2, 0) is 25.6 Å². The molecule has 2 rings (SSSR count). The molecule has 1 aliphatic rings. The van der Waals surface area contributed by atoms with Crippen LogP contribution in [0, 0.1) is 5.92 Å². The number of nitrogens with zero attached hydrogens (tertiary/aromatic N) is 1. The standard InChI is InChI=1S/C19H30N6O6/c1-10(2)15(19(30)31)25-18(29)14(8-26)24-17(28)13(6-11-7-20-9-22-11)23-16(27)12-4-3-5-21-12/h7,9-10,12-15,21,26H,3-6,8H2,1-2H3,(H,20,22)(H,23,27)(H,24,28)(H,25,29)(H,30,31). The van der Waals surface area contributed by atoms with Crippen molar-refractivity contribution in [2.24, 2.45) is 5.92 Å². The van der Waals surface area contributed by atoms with Gasteiger partial charge in [0.1, 0.15) is 18.1 Å². The van der Waals surface area contributed by atoms with Crippen LogP contribution in [0.3, 0.4) is 0 Å². The molecule has 0 radical (unpaired) electrons. The minimum Gasteiger partial charge on any atom is -0.480 e. The molecule has 0 saturated carbocycles. The smallest absolute Gasteiger partial charge is 0.326 e. The number of amides is 3. The molecule has 0 bridgehead atoms. The van der Waals surface area contributed by atoms with E-state index in [1.165, 1.54) is 12.5 Å². The number of nitrogens with one attached hydrogen (secondary N) is 5. The molecule has 4 unspecified atom stereocenters. The number of carbonyl (C=O) groups is 4. The van der Waals surface area contributed by atoms with Crippen molar-refractivity contribution < 1.29 is 29.4 Å². The molecule has 1 aromatic rings. The molecule has 12 nitrogen and oxygen atoms in total. The molecular formula is C19H30N6O6. The van der Waals surface area contributed by atoms with Crippen LogP contribution >= 0.6 is 0 Å². The maximum Gasteiger partial charge on any atom is 0.326 e. The summed E-state index contributed by atoms with van der Waals surface area (Å²) in [5.74, 6) is -3.48. The molecule has 31 heavy (non-hydrogen) atoms. The lowest BCUT2D eigenvalue weighted by Crippen LogP contribution is -2.59. The van der Waals surface area contributed by atoms with Gasteiger partial charge >= 0.3 is 5.97 Å². The highest BCUT2D eigenvalue weighted by Crippen LogP contribution is 2.07. The summed E-state index contributed by atoms with van der Waals surface area (Å²) in [6.45, 7) is 3.22. The Morgan fingerprint density at radius 3 is 2.39 bits per heavy atom. The first-order valence-electron chi connectivity index (χ1n) is 10.2. The van der Waals surface area contributed by atoms with E-state index in [1.54, 1.807) is 13.8 Å². The Bertz CT molecular complexity index is 762. The largest absolute Gasteiger partial charge is 0.480 e. The fourth-order valence-electron chi connectivity index (χ4n) is 3.24. The summed E-state index contributed by atoms with van der Waals surface area (Å²) in [6.07, 6.45) is 4.54. The van der Waals surface area contributed by atoms with E-state index in [-0.39, 0.29) is 12.3 Å². The van der Waals surface area contributed by atoms with Gasteiger partial charge in [0, 0.05) is 18.3 Å². The number of H-pyrrole nitrogens is 1. The van der Waals surface area contributed by atoms with Gasteiger partial charge in [-0.2, -0.15) is 0 Å². The highest BCUT2D eigenvalue weighted by molar-refractivity contribution is 5.94. The molecule has 0 spiro atoms. The minimum absolute atomic E-state index is 0.0911. The first kappa shape index (κ1) is 24.3. The number of aliphatic hydroxyl groups excluding tert-OH is 1. The predicted octanol–water partition coefficient (Wildman–Crippen LogP) is -2.11. The van der Waals surface area contributed by atoms with Crippen LogP contribution in [0.5, 0.6) is 0 Å². The second kappa shape index (κ2) is 11.4. The SMILES string of the molecule is CC(C)C(NC(=O)C(CO)NC(=O)C(Cc1cnc[nH]1)NC(=O)C1CCCN1)C(=O)O. The average molecular weight is 438 g/mol. The number of carboxylic acids is 1. The van der Waals surface area contributed by atoms with Gasteiger partial charge in [-0.1, -0.05) is 13.8 Å². The third-order valence-electron chi connectivity index (χ3n) is 5.03. The number of rotatable bonds is 11. The van der Waals surface area contributed by atoms with Crippen LogP contribution in [0.2, 0.25) is 0 Å². The molecule has 1 aromatic heterocycles. The molecule has 0 aliphatic carbocycles. The van der Waals surface area contributed by atoms with Crippen LogP contribution in [0.1, 0.15) is 32.4 Å². The van der Waals surface area contributed by atoms with Crippen LogP contribution in [0.25, 0.3) is 0 Å². The van der Waals surface area contributed by atoms with Gasteiger partial charge in [-0.05, 0) is 25.3 Å². The van der Waals surface area contributed by atoms with Gasteiger partial charge in [-0.15, -0.1) is 0 Å². The Labute approximate surface area is 179 Å². The van der Waals surface area contributed by atoms with Crippen molar-refractivity contribution >= 4 is 23.7 Å². The molecule has 3 amide bonds. The quantitative estimate of drug-likeness (QED) is 0.205. The zero-order valence-electron chi connectivity index (χ0n) is 17.6. The first-order valence-corrected chi connectivity index (χ1v) is 10.2. The summed E-state index contributed by atoms with van der Waals surface area (Å²) < 4.78 is 0. The van der Waals surface area contributed by atoms with E-state index in [1.807, 2.05) is 0 Å². The molecule has 1 saturated heterocycles. The van der Waals surface area contributed by atoms with Gasteiger partial charge in [0.05, 0.1) is 19.0 Å². The fourth-order valence-corrected chi connectivity index (χ4v) is 3.24. The highest BCUT2D eigenvalue weighted by atomic mass is 16.4. The highest BCUT2D eigenvalue weighted by Gasteiger charge is 2.32. The van der Waals surface area contributed by atoms with E-state index in [2.05, 4.69) is 31.2 Å². The lowest BCUT2D eigenvalue weighted by Gasteiger charge is -2.25. The Hall–Kier alpha value is -2.99. The molecule has 7 N–H and O–H groups in total. The fraction of sp³-hybridized carbons (Fsp3) is 0.632. The van der Waals surface area contributed by atoms with Crippen molar-refractivity contribution in [3.8, 4) is 0 Å². The Morgan fingerprint density at radius 2 is 1.87 bits per heavy atom. The lowest BCUT2D eigenvalue weighted by molar-refractivity contribution is -0.143. The summed E-state index contributed by atoms with van der Waals surface area (Å²) >= 11 is 0. The number of carboxylic acid groups (broad SMARTS) is 1. The van der Waals surface area contributed by atoms with Gasteiger partial charge in [-0.25, -0.2) is 9.78 Å². The number of hydrogen-bond donors (Lipinski definition) is 7. The van der Waals surface area contributed by atoms with E-state index in [0.717, 1.165) is 6.42 Å². The van der Waals surface area contributed by atoms with Crippen LogP contribution in [-0.4, -0.2) is 81.2 Å². The summed E-state index contributed by atoms with van der Waals surface area (Å²) in [4.78, 5) is 55.9. The van der Waals surface area contributed by atoms with E-state index < -0.39 is 54.5 Å². The van der Waals surface area contributed by atoms with Gasteiger partial charge in [0.2, 0.25) is 17.7 Å². The van der Waals surface area contributed by atoms with Crippen molar-refractivity contribution in [2.45, 2.75) is 57.3 Å². The predicted molar refractivity (Wildman–Crippen MR) is 109 cm³/mol. The number of aromatic amines is 1. The monoisotopic (exact) mass is 438 g/mol. The van der Waals surface area contributed by atoms with Crippen molar-refractivity contribution in [3.05, 3.63) is 18.2 Å². The van der Waals surface area contributed by atoms with E-state index in [4.69, 9.17) is 0 Å². The molecule has 0 aromatic carbocycles. The second-order valence-electron chi connectivity index (χ2n) is 7.80. The average Bonchev–Trinajstić information content (AvgIpc) is 3.42. The zero-order valence-corrected chi connectivity index (χ0v) is 17.6. The Morgan fingerprint density at radius 1 is 1.16 bits per heavy atom. The normalized spacial score (nSPS) is 18.8. The topological polar surface area (TPSA) is 186 Å². The van der Waals surface area contributed by atoms with E-state index in [9.17, 15) is 29.4 Å². The summed E-state index contributed by atoms with van der Waals surface area (Å²) in [6, 6.07) is -3.99. The third kappa shape index (κ3) is 7.03. The summed E-state index contributed by atoms with van der Waals surface area (Å²) in [5.41, 5.74) is 0.593. The van der Waals surface area contributed by atoms with E-state index in [0.29, 0.717) is 18.7 Å². The molecule has 172 valence electrons. The Kier molecular flexibility index (Phi) is 8.94.